The summed E-state index contributed by atoms with van der Waals surface area (Å²) in [4.78, 5) is 9.11. The van der Waals surface area contributed by atoms with Crippen LogP contribution in [0.4, 0.5) is 13.2 Å². The van der Waals surface area contributed by atoms with Gasteiger partial charge in [-0.1, -0.05) is 0 Å². The summed E-state index contributed by atoms with van der Waals surface area (Å²) < 4.78 is 58.4. The van der Waals surface area contributed by atoms with Gasteiger partial charge < -0.3 is 5.11 Å². The third kappa shape index (κ3) is 2.32. The zero-order valence-electron chi connectivity index (χ0n) is 7.47. The number of sulfone groups is 1. The van der Waals surface area contributed by atoms with Gasteiger partial charge in [-0.3, -0.25) is 9.48 Å². The molecule has 0 aromatic carbocycles. The molecule has 0 spiro atoms. The number of nitrogens with zero attached hydrogens (tertiary/aromatic N) is 2. The maximum Gasteiger partial charge on any atom is 0.502 e. The number of carboxylic acid groups (broad SMARTS) is 1. The number of aromatic nitrogens is 2. The molecule has 1 heterocycles. The minimum absolute atomic E-state index is 0.450. The molecule has 1 aromatic rings. The predicted octanol–water partition coefficient (Wildman–Crippen LogP) is 0.261. The lowest BCUT2D eigenvalue weighted by Gasteiger charge is -2.04. The van der Waals surface area contributed by atoms with E-state index >= 15 is 0 Å². The van der Waals surface area contributed by atoms with Gasteiger partial charge in [-0.15, -0.1) is 0 Å². The molecule has 1 aromatic heterocycles. The van der Waals surface area contributed by atoms with E-state index in [0.29, 0.717) is 17.1 Å². The average Bonchev–Trinajstić information content (AvgIpc) is 2.49. The van der Waals surface area contributed by atoms with Crippen LogP contribution in [0.3, 0.4) is 0 Å². The Kier molecular flexibility index (Phi) is 2.95. The van der Waals surface area contributed by atoms with Gasteiger partial charge in [-0.05, 0) is 0 Å². The Morgan fingerprint density at radius 1 is 1.50 bits per heavy atom. The number of hydrogen-bond acceptors (Lipinski definition) is 4. The van der Waals surface area contributed by atoms with Gasteiger partial charge in [0, 0.05) is 6.20 Å². The van der Waals surface area contributed by atoms with Crippen molar-refractivity contribution in [2.75, 3.05) is 0 Å². The first-order valence-electron chi connectivity index (χ1n) is 3.70. The van der Waals surface area contributed by atoms with Crippen LogP contribution in [0.15, 0.2) is 17.3 Å². The number of aliphatic carboxylic acids is 1. The van der Waals surface area contributed by atoms with Crippen LogP contribution in [0.5, 0.6) is 0 Å². The molecule has 10 heteroatoms. The molecule has 0 atom stereocenters. The van der Waals surface area contributed by atoms with E-state index in [4.69, 9.17) is 5.11 Å². The van der Waals surface area contributed by atoms with Crippen molar-refractivity contribution < 1.29 is 31.5 Å². The van der Waals surface area contributed by atoms with Gasteiger partial charge in [0.2, 0.25) is 0 Å². The van der Waals surface area contributed by atoms with Gasteiger partial charge in [-0.25, -0.2) is 8.42 Å². The quantitative estimate of drug-likeness (QED) is 0.840. The Morgan fingerprint density at radius 2 is 2.06 bits per heavy atom. The highest BCUT2D eigenvalue weighted by molar-refractivity contribution is 7.92. The average molecular weight is 258 g/mol. The highest BCUT2D eigenvalue weighted by Gasteiger charge is 2.47. The molecule has 0 amide bonds. The van der Waals surface area contributed by atoms with Gasteiger partial charge in [0.25, 0.3) is 9.84 Å². The van der Waals surface area contributed by atoms with E-state index in [0.717, 1.165) is 0 Å². The molecule has 0 aliphatic heterocycles. The number of alkyl halides is 3. The topological polar surface area (TPSA) is 89.3 Å². The highest BCUT2D eigenvalue weighted by atomic mass is 32.2. The number of hydrogen-bond donors (Lipinski definition) is 1. The molecule has 0 fully saturated rings. The first-order valence-corrected chi connectivity index (χ1v) is 5.18. The Balaban J connectivity index is 3.08. The van der Waals surface area contributed by atoms with Crippen molar-refractivity contribution in [3.8, 4) is 0 Å². The summed E-state index contributed by atoms with van der Waals surface area (Å²) in [6, 6.07) is 0. The SMILES string of the molecule is O=C(O)Cn1cc(S(=O)(=O)C(F)(F)F)cn1. The molecule has 6 nitrogen and oxygen atoms in total. The third-order valence-corrected chi connectivity index (χ3v) is 2.96. The van der Waals surface area contributed by atoms with E-state index in [1.54, 1.807) is 0 Å². The molecule has 1 rings (SSSR count). The number of halogens is 3. The van der Waals surface area contributed by atoms with E-state index in [9.17, 15) is 26.4 Å². The maximum atomic E-state index is 12.0. The number of carboxylic acids is 1. The predicted molar refractivity (Wildman–Crippen MR) is 43.1 cm³/mol. The first-order chi connectivity index (χ1) is 7.14. The van der Waals surface area contributed by atoms with E-state index in [1.807, 2.05) is 0 Å². The lowest BCUT2D eigenvalue weighted by atomic mass is 10.6. The van der Waals surface area contributed by atoms with Crippen LogP contribution in [0.1, 0.15) is 0 Å². The maximum absolute atomic E-state index is 12.0. The second kappa shape index (κ2) is 3.77. The van der Waals surface area contributed by atoms with Gasteiger partial charge in [0.1, 0.15) is 11.4 Å². The van der Waals surface area contributed by atoms with E-state index in [1.165, 1.54) is 0 Å². The summed E-state index contributed by atoms with van der Waals surface area (Å²) >= 11 is 0. The fraction of sp³-hybridized carbons (Fsp3) is 0.333. The molecular weight excluding hydrogens is 253 g/mol. The standard InChI is InChI=1S/C6H5F3N2O4S/c7-6(8,9)16(14,15)4-1-10-11(2-4)3-5(12)13/h1-2H,3H2,(H,12,13). The normalized spacial score (nSPS) is 12.7. The molecule has 0 radical (unpaired) electrons. The van der Waals surface area contributed by atoms with E-state index < -0.39 is 32.8 Å². The van der Waals surface area contributed by atoms with E-state index in [2.05, 4.69) is 5.10 Å². The van der Waals surface area contributed by atoms with Crippen LogP contribution in [0, 0.1) is 0 Å². The second-order valence-corrected chi connectivity index (χ2v) is 4.66. The Bertz CT molecular complexity index is 504. The zero-order chi connectivity index (χ0) is 12.6. The highest BCUT2D eigenvalue weighted by Crippen LogP contribution is 2.29. The lowest BCUT2D eigenvalue weighted by Crippen LogP contribution is -2.22. The zero-order valence-corrected chi connectivity index (χ0v) is 8.29. The van der Waals surface area contributed by atoms with Crippen molar-refractivity contribution >= 4 is 15.8 Å². The van der Waals surface area contributed by atoms with E-state index in [-0.39, 0.29) is 0 Å². The van der Waals surface area contributed by atoms with Crippen molar-refractivity contribution in [2.24, 2.45) is 0 Å². The molecule has 0 saturated heterocycles. The fourth-order valence-corrected chi connectivity index (χ4v) is 1.56. The monoisotopic (exact) mass is 258 g/mol. The first kappa shape index (κ1) is 12.5. The molecule has 0 aliphatic rings. The lowest BCUT2D eigenvalue weighted by molar-refractivity contribution is -0.137. The summed E-state index contributed by atoms with van der Waals surface area (Å²) in [6.07, 6.45) is 0.961. The minimum Gasteiger partial charge on any atom is -0.480 e. The third-order valence-electron chi connectivity index (χ3n) is 1.52. The van der Waals surface area contributed by atoms with Crippen LogP contribution in [-0.4, -0.2) is 34.8 Å². The van der Waals surface area contributed by atoms with Gasteiger partial charge in [0.05, 0.1) is 6.20 Å². The van der Waals surface area contributed by atoms with Crippen LogP contribution in [0.2, 0.25) is 0 Å². The van der Waals surface area contributed by atoms with Gasteiger partial charge in [0.15, 0.2) is 0 Å². The van der Waals surface area contributed by atoms with Crippen molar-refractivity contribution in [2.45, 2.75) is 16.9 Å². The Morgan fingerprint density at radius 3 is 2.50 bits per heavy atom. The van der Waals surface area contributed by atoms with Gasteiger partial charge in [-0.2, -0.15) is 18.3 Å². The molecule has 0 aliphatic carbocycles. The summed E-state index contributed by atoms with van der Waals surface area (Å²) in [5.74, 6) is -1.35. The number of carbonyl (C=O) groups is 1. The fourth-order valence-electron chi connectivity index (χ4n) is 0.842. The smallest absolute Gasteiger partial charge is 0.480 e. The van der Waals surface area contributed by atoms with Crippen LogP contribution in [-0.2, 0) is 21.2 Å². The Labute approximate surface area is 87.2 Å². The Hall–Kier alpha value is -1.58. The van der Waals surface area contributed by atoms with Crippen LogP contribution >= 0.6 is 0 Å². The summed E-state index contributed by atoms with van der Waals surface area (Å²) in [5, 5.41) is 11.5. The molecule has 0 bridgehead atoms. The van der Waals surface area contributed by atoms with Crippen LogP contribution < -0.4 is 0 Å². The summed E-state index contributed by atoms with van der Waals surface area (Å²) in [7, 11) is -5.47. The van der Waals surface area contributed by atoms with Crippen molar-refractivity contribution in [1.82, 2.24) is 9.78 Å². The number of rotatable bonds is 3. The molecule has 90 valence electrons. The van der Waals surface area contributed by atoms with Gasteiger partial charge >= 0.3 is 11.5 Å². The molecule has 0 saturated carbocycles. The molecule has 16 heavy (non-hydrogen) atoms. The van der Waals surface area contributed by atoms with Crippen molar-refractivity contribution in [3.63, 3.8) is 0 Å². The summed E-state index contributed by atoms with van der Waals surface area (Å²) in [5.41, 5.74) is -5.43. The largest absolute Gasteiger partial charge is 0.502 e. The minimum atomic E-state index is -5.47. The molecule has 0 unspecified atom stereocenters. The second-order valence-electron chi connectivity index (χ2n) is 2.72. The molecule has 1 N–H and O–H groups in total. The molecular formula is C6H5F3N2O4S. The van der Waals surface area contributed by atoms with Crippen LogP contribution in [0.25, 0.3) is 0 Å². The summed E-state index contributed by atoms with van der Waals surface area (Å²) in [6.45, 7) is -0.715. The van der Waals surface area contributed by atoms with Crippen molar-refractivity contribution in [1.29, 1.82) is 0 Å². The van der Waals surface area contributed by atoms with Crippen molar-refractivity contribution in [3.05, 3.63) is 12.4 Å².